The van der Waals surface area contributed by atoms with Crippen molar-refractivity contribution in [1.82, 2.24) is 10.3 Å². The molecular weight excluding hydrogens is 344 g/mol. The van der Waals surface area contributed by atoms with E-state index in [0.29, 0.717) is 30.3 Å². The van der Waals surface area contributed by atoms with E-state index in [0.717, 1.165) is 24.2 Å². The second kappa shape index (κ2) is 10.3. The number of urea groups is 1. The molecule has 7 nitrogen and oxygen atoms in total. The van der Waals surface area contributed by atoms with E-state index in [1.807, 2.05) is 37.2 Å². The van der Waals surface area contributed by atoms with Gasteiger partial charge in [0.05, 0.1) is 19.4 Å². The van der Waals surface area contributed by atoms with Crippen LogP contribution in [-0.2, 0) is 6.54 Å². The fourth-order valence-electron chi connectivity index (χ4n) is 2.35. The van der Waals surface area contributed by atoms with E-state index < -0.39 is 0 Å². The van der Waals surface area contributed by atoms with Gasteiger partial charge in [0.2, 0.25) is 0 Å². The highest BCUT2D eigenvalue weighted by Gasteiger charge is 2.10. The molecule has 7 heteroatoms. The molecule has 1 heterocycles. The molecule has 146 valence electrons. The Labute approximate surface area is 160 Å². The summed E-state index contributed by atoms with van der Waals surface area (Å²) in [5, 5.41) is 5.69. The quantitative estimate of drug-likeness (QED) is 0.657. The number of nitrogens with zero attached hydrogens (tertiary/aromatic N) is 2. The number of benzene rings is 1. The van der Waals surface area contributed by atoms with Crippen molar-refractivity contribution in [3.63, 3.8) is 0 Å². The molecule has 0 bridgehead atoms. The Balaban J connectivity index is 2.00. The summed E-state index contributed by atoms with van der Waals surface area (Å²) in [4.78, 5) is 18.5. The average Bonchev–Trinajstić information content (AvgIpc) is 2.67. The van der Waals surface area contributed by atoms with Crippen LogP contribution in [0.25, 0.3) is 0 Å². The first-order valence-corrected chi connectivity index (χ1v) is 9.01. The highest BCUT2D eigenvalue weighted by Crippen LogP contribution is 2.29. The maximum Gasteiger partial charge on any atom is 0.319 e. The Kier molecular flexibility index (Phi) is 7.73. The lowest BCUT2D eigenvalue weighted by atomic mass is 10.2. The van der Waals surface area contributed by atoms with E-state index in [2.05, 4.69) is 22.5 Å². The van der Waals surface area contributed by atoms with Crippen molar-refractivity contribution in [3.05, 3.63) is 42.1 Å². The van der Waals surface area contributed by atoms with E-state index in [1.165, 1.54) is 0 Å². The molecule has 2 rings (SSSR count). The number of aromatic nitrogens is 1. The minimum atomic E-state index is -0.313. The van der Waals surface area contributed by atoms with Crippen molar-refractivity contribution in [3.8, 4) is 11.5 Å². The molecule has 0 spiro atoms. The lowest BCUT2D eigenvalue weighted by Crippen LogP contribution is -2.28. The number of pyridine rings is 1. The van der Waals surface area contributed by atoms with Gasteiger partial charge in [-0.05, 0) is 36.2 Å². The SMILES string of the molecule is CCCCOc1ccc(OC)cc1NC(=O)NCc1ccnc(N(C)C)c1. The average molecular weight is 372 g/mol. The van der Waals surface area contributed by atoms with E-state index in [9.17, 15) is 4.79 Å². The molecule has 0 unspecified atom stereocenters. The first kappa shape index (κ1) is 20.4. The third-order valence-electron chi connectivity index (χ3n) is 3.91. The second-order valence-corrected chi connectivity index (χ2v) is 6.29. The summed E-state index contributed by atoms with van der Waals surface area (Å²) in [5.74, 6) is 2.12. The van der Waals surface area contributed by atoms with Gasteiger partial charge >= 0.3 is 6.03 Å². The molecule has 1 aromatic heterocycles. The van der Waals surface area contributed by atoms with Crippen molar-refractivity contribution in [2.24, 2.45) is 0 Å². The van der Waals surface area contributed by atoms with Crippen LogP contribution in [0.3, 0.4) is 0 Å². The van der Waals surface area contributed by atoms with E-state index >= 15 is 0 Å². The summed E-state index contributed by atoms with van der Waals surface area (Å²) in [6.45, 7) is 3.10. The summed E-state index contributed by atoms with van der Waals surface area (Å²) in [6.07, 6.45) is 3.72. The number of carbonyl (C=O) groups excluding carboxylic acids is 1. The van der Waals surface area contributed by atoms with Crippen molar-refractivity contribution in [1.29, 1.82) is 0 Å². The minimum Gasteiger partial charge on any atom is -0.497 e. The zero-order chi connectivity index (χ0) is 19.6. The van der Waals surface area contributed by atoms with Crippen LogP contribution >= 0.6 is 0 Å². The van der Waals surface area contributed by atoms with Crippen LogP contribution < -0.4 is 25.0 Å². The molecule has 0 aliphatic carbocycles. The number of hydrogen-bond donors (Lipinski definition) is 2. The number of rotatable bonds is 9. The molecule has 0 radical (unpaired) electrons. The van der Waals surface area contributed by atoms with Crippen molar-refractivity contribution < 1.29 is 14.3 Å². The Morgan fingerprint density at radius 3 is 2.74 bits per heavy atom. The third kappa shape index (κ3) is 6.36. The predicted octanol–water partition coefficient (Wildman–Crippen LogP) is 3.66. The topological polar surface area (TPSA) is 75.7 Å². The van der Waals surface area contributed by atoms with Gasteiger partial charge < -0.3 is 25.0 Å². The molecule has 0 atom stereocenters. The zero-order valence-electron chi connectivity index (χ0n) is 16.4. The van der Waals surface area contributed by atoms with Crippen LogP contribution in [0.1, 0.15) is 25.3 Å². The number of carbonyl (C=O) groups is 1. The molecule has 1 aromatic carbocycles. The van der Waals surface area contributed by atoms with Gasteiger partial charge in [0.1, 0.15) is 17.3 Å². The van der Waals surface area contributed by atoms with E-state index in [4.69, 9.17) is 9.47 Å². The summed E-state index contributed by atoms with van der Waals surface area (Å²) in [5.41, 5.74) is 1.54. The number of nitrogens with one attached hydrogen (secondary N) is 2. The minimum absolute atomic E-state index is 0.313. The lowest BCUT2D eigenvalue weighted by Gasteiger charge is -2.15. The Hall–Kier alpha value is -2.96. The Morgan fingerprint density at radius 1 is 1.22 bits per heavy atom. The monoisotopic (exact) mass is 372 g/mol. The van der Waals surface area contributed by atoms with Crippen LogP contribution in [0.2, 0.25) is 0 Å². The third-order valence-corrected chi connectivity index (χ3v) is 3.91. The predicted molar refractivity (Wildman–Crippen MR) is 108 cm³/mol. The molecule has 2 N–H and O–H groups in total. The van der Waals surface area contributed by atoms with Gasteiger partial charge in [0.25, 0.3) is 0 Å². The largest absolute Gasteiger partial charge is 0.497 e. The zero-order valence-corrected chi connectivity index (χ0v) is 16.4. The number of anilines is 2. The highest BCUT2D eigenvalue weighted by atomic mass is 16.5. The Bertz CT molecular complexity index is 750. The summed E-state index contributed by atoms with van der Waals surface area (Å²) < 4.78 is 11.0. The molecule has 2 aromatic rings. The van der Waals surface area contributed by atoms with Gasteiger partial charge in [-0.1, -0.05) is 13.3 Å². The molecule has 2 amide bonds. The number of unbranched alkanes of at least 4 members (excludes halogenated alkanes) is 1. The van der Waals surface area contributed by atoms with Crippen molar-refractivity contribution in [2.75, 3.05) is 38.0 Å². The van der Waals surface area contributed by atoms with E-state index in [-0.39, 0.29) is 6.03 Å². The number of hydrogen-bond acceptors (Lipinski definition) is 5. The van der Waals surface area contributed by atoms with E-state index in [1.54, 1.807) is 25.4 Å². The molecule has 27 heavy (non-hydrogen) atoms. The maximum absolute atomic E-state index is 12.3. The van der Waals surface area contributed by atoms with Crippen molar-refractivity contribution >= 4 is 17.5 Å². The normalized spacial score (nSPS) is 10.2. The van der Waals surface area contributed by atoms with Crippen molar-refractivity contribution in [2.45, 2.75) is 26.3 Å². The van der Waals surface area contributed by atoms with Gasteiger partial charge in [-0.25, -0.2) is 9.78 Å². The molecule has 0 aliphatic heterocycles. The fraction of sp³-hybridized carbons (Fsp3) is 0.400. The van der Waals surface area contributed by atoms with Gasteiger partial charge in [-0.2, -0.15) is 0 Å². The maximum atomic E-state index is 12.3. The smallest absolute Gasteiger partial charge is 0.319 e. The van der Waals surface area contributed by atoms with Gasteiger partial charge in [0.15, 0.2) is 0 Å². The van der Waals surface area contributed by atoms with Crippen LogP contribution in [0.4, 0.5) is 16.3 Å². The summed E-state index contributed by atoms with van der Waals surface area (Å²) in [7, 11) is 5.44. The standard InChI is InChI=1S/C20H28N4O3/c1-5-6-11-27-18-8-7-16(26-4)13-17(18)23-20(25)22-14-15-9-10-21-19(12-15)24(2)3/h7-10,12-13H,5-6,11,14H2,1-4H3,(H2,22,23,25). The van der Waals surface area contributed by atoms with Crippen LogP contribution in [0.5, 0.6) is 11.5 Å². The molecule has 0 saturated heterocycles. The molecule has 0 aliphatic rings. The highest BCUT2D eigenvalue weighted by molar-refractivity contribution is 5.91. The molecular formula is C20H28N4O3. The number of methoxy groups -OCH3 is 1. The lowest BCUT2D eigenvalue weighted by molar-refractivity contribution is 0.251. The summed E-state index contributed by atoms with van der Waals surface area (Å²) >= 11 is 0. The first-order chi connectivity index (χ1) is 13.0. The first-order valence-electron chi connectivity index (χ1n) is 9.01. The van der Waals surface area contributed by atoms with Crippen LogP contribution in [0.15, 0.2) is 36.5 Å². The van der Waals surface area contributed by atoms with Crippen LogP contribution in [-0.4, -0.2) is 38.8 Å². The van der Waals surface area contributed by atoms with Gasteiger partial charge in [-0.15, -0.1) is 0 Å². The van der Waals surface area contributed by atoms with Crippen LogP contribution in [0, 0.1) is 0 Å². The number of amides is 2. The summed E-state index contributed by atoms with van der Waals surface area (Å²) in [6, 6.07) is 8.85. The fourth-order valence-corrected chi connectivity index (χ4v) is 2.35. The van der Waals surface area contributed by atoms with Gasteiger partial charge in [0, 0.05) is 32.9 Å². The number of ether oxygens (including phenoxy) is 2. The second-order valence-electron chi connectivity index (χ2n) is 6.29. The Morgan fingerprint density at radius 2 is 2.04 bits per heavy atom. The van der Waals surface area contributed by atoms with Gasteiger partial charge in [-0.3, -0.25) is 0 Å². The molecule has 0 fully saturated rings. The molecule has 0 saturated carbocycles.